The predicted molar refractivity (Wildman–Crippen MR) is 273 cm³/mol. The van der Waals surface area contributed by atoms with E-state index in [-0.39, 0.29) is 156 Å². The van der Waals surface area contributed by atoms with Crippen molar-refractivity contribution in [3.05, 3.63) is 35.9 Å². The van der Waals surface area contributed by atoms with Gasteiger partial charge in [0.2, 0.25) is 0 Å². The summed E-state index contributed by atoms with van der Waals surface area (Å²) in [5.41, 5.74) is 0.730. The first-order chi connectivity index (χ1) is 36.8. The number of Topliss-reactive ketones (excluding diaryl/α,β-unsaturated/α-hetero) is 2. The van der Waals surface area contributed by atoms with Crippen LogP contribution < -0.4 is 108 Å². The first-order valence-corrected chi connectivity index (χ1v) is 27.5. The normalized spacial score (nSPS) is 40.7. The van der Waals surface area contributed by atoms with E-state index in [0.717, 1.165) is 83.3 Å². The van der Waals surface area contributed by atoms with Crippen LogP contribution in [0.25, 0.3) is 0 Å². The van der Waals surface area contributed by atoms with Gasteiger partial charge in [-0.3, -0.25) is 24.2 Å². The Kier molecular flexibility index (Phi) is 21.6. The largest absolute Gasteiger partial charge is 1.00 e. The van der Waals surface area contributed by atoms with Crippen LogP contribution in [0.2, 0.25) is 0 Å². The van der Waals surface area contributed by atoms with E-state index in [2.05, 4.69) is 56.0 Å². The topological polar surface area (TPSA) is 236 Å². The number of nitrogens with zero attached hydrogens (tertiary/aromatic N) is 5. The van der Waals surface area contributed by atoms with E-state index < -0.39 is 11.2 Å². The molecule has 2 aromatic heterocycles. The fourth-order valence-corrected chi connectivity index (χ4v) is 18.2. The van der Waals surface area contributed by atoms with Crippen LogP contribution in [0, 0.1) is 104 Å². The minimum absolute atomic E-state index is 0. The summed E-state index contributed by atoms with van der Waals surface area (Å²) in [6.07, 6.45) is 26.1. The molecule has 18 heteroatoms. The smallest absolute Gasteiger partial charge is 1.00 e. The van der Waals surface area contributed by atoms with E-state index in [9.17, 15) is 19.8 Å². The molecule has 15 nitrogen and oxygen atoms in total. The summed E-state index contributed by atoms with van der Waals surface area (Å²) in [5.74, 6) is 6.22. The monoisotopic (exact) mass is 1140 g/mol. The fourth-order valence-electron chi connectivity index (χ4n) is 17.8. The van der Waals surface area contributed by atoms with E-state index in [1.165, 1.54) is 63.8 Å². The van der Waals surface area contributed by atoms with Gasteiger partial charge in [0.15, 0.2) is 5.78 Å². The molecule has 400 valence electrons. The average Bonchev–Trinajstić information content (AvgIpc) is 4.27. The van der Waals surface area contributed by atoms with Gasteiger partial charge in [-0.15, -0.1) is 0 Å². The standard InChI is InChI=1S/C27H39N3O3.C23H37BrO3.C4H3N3.CH2O3.2K.3H2.H/c1-25(32)10-11-27(17-33-3)19(12-25)4-5-20-21-6-7-23(26(21,2)9-8-22(20)27)24(31)16-30-15-18(13-28)14-29-30;1-21(26)10-11-23(14-27-3)15(12-21)4-5-16-17-6-7-19(20(25)13-24)22(17,2)9-8-18(16)23;5-1-4-2-6-7-3-4;2-1-4-3;;;;;;/h14-15,19-23,32H,4-12,16-17H2,1-3H3;15-19,26H,4-14H2,1-3H3;2-3H,(H,6,7);1,3H;;;3*1H;/q;;;;2*+1;;;;-1/p-1/t19-,20+,21+,22+,23-,25-,26+,27-;15-,16+,17+,18+,19-,21-,22+,23-;;;;;;;;/m11......../s1/i;;;;;;3*1+1D;. The number of aromatic nitrogens is 4. The number of ether oxygens (including phenoxy) is 2. The van der Waals surface area contributed by atoms with Crippen molar-refractivity contribution in [1.82, 2.24) is 20.0 Å². The van der Waals surface area contributed by atoms with Gasteiger partial charge in [-0.2, -0.15) is 20.7 Å². The van der Waals surface area contributed by atoms with E-state index in [4.69, 9.17) is 39.0 Å². The molecule has 0 bridgehead atoms. The maximum absolute atomic E-state index is 13.4. The van der Waals surface area contributed by atoms with E-state index >= 15 is 0 Å². The maximum atomic E-state index is 13.4. The number of aromatic amines is 1. The van der Waals surface area contributed by atoms with Crippen molar-refractivity contribution in [3.63, 3.8) is 0 Å². The Morgan fingerprint density at radius 3 is 1.64 bits per heavy atom. The Bertz CT molecular complexity index is 2270. The van der Waals surface area contributed by atoms with Crippen LogP contribution in [0.4, 0.5) is 0 Å². The molecule has 3 N–H and O–H groups in total. The number of aliphatic hydroxyl groups is 2. The molecule has 8 aliphatic carbocycles. The van der Waals surface area contributed by atoms with Gasteiger partial charge in [0.05, 0.1) is 59.8 Å². The van der Waals surface area contributed by atoms with Gasteiger partial charge in [-0.1, -0.05) is 29.8 Å². The predicted octanol–water partition coefficient (Wildman–Crippen LogP) is 2.92. The average molecular weight is 1140 g/mol. The Labute approximate surface area is 538 Å². The van der Waals surface area contributed by atoms with E-state index in [1.54, 1.807) is 17.1 Å². The number of ketones is 2. The molecule has 2 aromatic rings. The van der Waals surface area contributed by atoms with Gasteiger partial charge in [-0.25, -0.2) is 0 Å². The molecule has 8 saturated carbocycles. The quantitative estimate of drug-likeness (QED) is 0.102. The summed E-state index contributed by atoms with van der Waals surface area (Å²) in [6.45, 7) is 10.6. The summed E-state index contributed by atoms with van der Waals surface area (Å²) < 4.78 is 43.3. The number of H-pyrrole nitrogens is 1. The third kappa shape index (κ3) is 13.2. The number of nitrogens with one attached hydrogen (secondary N) is 1. The van der Waals surface area contributed by atoms with Crippen LogP contribution in [0.5, 0.6) is 0 Å². The molecule has 0 unspecified atom stereocenters. The van der Waals surface area contributed by atoms with Crippen molar-refractivity contribution < 1.29 is 157 Å². The van der Waals surface area contributed by atoms with Crippen molar-refractivity contribution >= 4 is 34.0 Å². The Morgan fingerprint density at radius 2 is 1.26 bits per heavy atom. The molecule has 0 spiro atoms. The summed E-state index contributed by atoms with van der Waals surface area (Å²) in [7, 11) is 3.70. The number of carbonyl (C=O) groups excluding carboxylic acids is 3. The number of rotatable bonds is 10. The number of hydrogen-bond donors (Lipinski definition) is 3. The Morgan fingerprint density at radius 1 is 0.781 bits per heavy atom. The van der Waals surface area contributed by atoms with Gasteiger partial charge < -0.3 is 31.3 Å². The summed E-state index contributed by atoms with van der Waals surface area (Å²) >= 11 is 3.43. The number of methoxy groups -OCH3 is 2. The molecule has 0 radical (unpaired) electrons. The summed E-state index contributed by atoms with van der Waals surface area (Å²) in [6, 6.07) is 4.01. The van der Waals surface area contributed by atoms with Crippen LogP contribution in [-0.2, 0) is 35.3 Å². The van der Waals surface area contributed by atoms with Crippen LogP contribution in [0.15, 0.2) is 24.8 Å². The molecule has 0 aliphatic heterocycles. The molecular formula is C55H87BrK2N6O9. The molecule has 73 heavy (non-hydrogen) atoms. The molecule has 10 rings (SSSR count). The second-order valence-electron chi connectivity index (χ2n) is 24.3. The van der Waals surface area contributed by atoms with Gasteiger partial charge in [-0.05, 0) is 198 Å². The molecule has 16 atom stereocenters. The van der Waals surface area contributed by atoms with E-state index in [1.807, 2.05) is 34.1 Å². The van der Waals surface area contributed by atoms with Crippen LogP contribution in [0.3, 0.4) is 0 Å². The van der Waals surface area contributed by atoms with Crippen LogP contribution >= 0.6 is 15.9 Å². The van der Waals surface area contributed by atoms with Crippen molar-refractivity contribution in [2.45, 2.75) is 161 Å². The van der Waals surface area contributed by atoms with Crippen molar-refractivity contribution in [2.24, 2.45) is 80.8 Å². The zero-order valence-electron chi connectivity index (χ0n) is 52.1. The summed E-state index contributed by atoms with van der Waals surface area (Å²) in [4.78, 5) is 37.3. The Balaban J connectivity index is 0.000000611. The minimum atomic E-state index is -0.541. The molecule has 0 amide bonds. The first kappa shape index (κ1) is 58.9. The van der Waals surface area contributed by atoms with Crippen LogP contribution in [0.1, 0.15) is 165 Å². The molecule has 8 fully saturated rings. The number of fused-ring (bicyclic) bond motifs is 10. The van der Waals surface area contributed by atoms with Crippen LogP contribution in [-0.4, -0.2) is 92.2 Å². The third-order valence-corrected chi connectivity index (χ3v) is 21.3. The van der Waals surface area contributed by atoms with Gasteiger partial charge in [0.1, 0.15) is 17.9 Å². The first-order valence-electron chi connectivity index (χ1n) is 29.4. The van der Waals surface area contributed by atoms with Crippen molar-refractivity contribution in [2.75, 3.05) is 32.8 Å². The molecular weight excluding hydrogens is 1050 g/mol. The molecule has 0 aromatic carbocycles. The Hall–Kier alpha value is -0.237. The zero-order valence-corrected chi connectivity index (χ0v) is 52.9. The van der Waals surface area contributed by atoms with Gasteiger partial charge in [0.25, 0.3) is 6.47 Å². The third-order valence-electron chi connectivity index (χ3n) is 20.8. The maximum Gasteiger partial charge on any atom is 1.00 e. The molecule has 0 saturated heterocycles. The fraction of sp³-hybridized carbons (Fsp3) is 0.800. The van der Waals surface area contributed by atoms with Gasteiger partial charge >= 0.3 is 103 Å². The van der Waals surface area contributed by atoms with Crippen molar-refractivity contribution in [1.29, 1.82) is 10.5 Å². The zero-order chi connectivity index (χ0) is 57.4. The second-order valence-corrected chi connectivity index (χ2v) is 24.8. The number of halogens is 1. The molecule has 2 heterocycles. The number of nitriles is 2. The number of alkyl halides is 1. The second kappa shape index (κ2) is 26.8. The molecule has 8 aliphatic rings. The number of hydrogen-bond acceptors (Lipinski definition) is 13. The van der Waals surface area contributed by atoms with Gasteiger partial charge in [0, 0.05) is 47.4 Å². The SMILES string of the molecule is COC[C@]12CC[C@@](C)(O)C[C@H]1CC[C@H]1[C@@H]3CC[C@H](C(=O)CBr)[C@@]3(C)CC[C@@H]12.COC[C@]12CC[C@@](C)(O)C[C@H]1CC[C@H]1[C@@H]3CC[C@H](C(=O)Cn4cc(C#N)cn4)[C@@]3(C)CC[C@@H]12.N#Cc1cn[nH]c1.O=CO[O-].[2H][2H].[2H][2H].[2H][2H].[H-].[K+].[K+]. The van der Waals surface area contributed by atoms with Crippen molar-refractivity contribution in [3.8, 4) is 12.1 Å². The van der Waals surface area contributed by atoms with E-state index in [0.29, 0.717) is 63.7 Å². The minimum Gasteiger partial charge on any atom is -1.00 e. The summed E-state index contributed by atoms with van der Waals surface area (Å²) in [5, 5.41) is 57.9. The number of carbonyl (C=O) groups is 3.